The second-order valence-electron chi connectivity index (χ2n) is 6.36. The molecule has 26 heavy (non-hydrogen) atoms. The van der Waals surface area contributed by atoms with Gasteiger partial charge in [0, 0.05) is 31.4 Å². The number of nitrogens with zero attached hydrogens (tertiary/aromatic N) is 3. The highest BCUT2D eigenvalue weighted by Gasteiger charge is 2.25. The molecule has 140 valence electrons. The quantitative estimate of drug-likeness (QED) is 0.833. The molecule has 1 aliphatic rings. The van der Waals surface area contributed by atoms with E-state index in [1.54, 1.807) is 17.0 Å². The van der Waals surface area contributed by atoms with E-state index < -0.39 is 9.84 Å². The lowest BCUT2D eigenvalue weighted by Crippen LogP contribution is -2.43. The van der Waals surface area contributed by atoms with Gasteiger partial charge in [0.05, 0.1) is 22.8 Å². The third-order valence-electron chi connectivity index (χ3n) is 4.50. The molecule has 0 aliphatic carbocycles. The lowest BCUT2D eigenvalue weighted by molar-refractivity contribution is 0.0770. The zero-order valence-electron chi connectivity index (χ0n) is 14.9. The maximum Gasteiger partial charge on any atom is 0.255 e. The topological polar surface area (TPSA) is 105 Å². The third-order valence-corrected chi connectivity index (χ3v) is 6.11. The fourth-order valence-electron chi connectivity index (χ4n) is 2.90. The summed E-state index contributed by atoms with van der Waals surface area (Å²) in [6, 6.07) is 3.46. The van der Waals surface area contributed by atoms with Gasteiger partial charge >= 0.3 is 0 Å². The predicted octanol–water partition coefficient (Wildman–Crippen LogP) is 1.21. The first-order valence-corrected chi connectivity index (χ1v) is 10.3. The first kappa shape index (κ1) is 18.4. The summed E-state index contributed by atoms with van der Waals surface area (Å²) in [5, 5.41) is 7.14. The Kier molecular flexibility index (Phi) is 5.26. The minimum Gasteiger partial charge on any atom is -0.370 e. The lowest BCUT2D eigenvalue weighted by atomic mass is 10.1. The number of hydrogen-bond donors (Lipinski definition) is 1. The molecule has 1 N–H and O–H groups in total. The second kappa shape index (κ2) is 7.45. The number of amides is 1. The number of pyridine rings is 1. The van der Waals surface area contributed by atoms with Crippen molar-refractivity contribution in [3.63, 3.8) is 0 Å². The van der Waals surface area contributed by atoms with E-state index in [-0.39, 0.29) is 30.5 Å². The number of anilines is 1. The summed E-state index contributed by atoms with van der Waals surface area (Å²) >= 11 is 0. The van der Waals surface area contributed by atoms with Crippen molar-refractivity contribution in [2.45, 2.75) is 20.3 Å². The van der Waals surface area contributed by atoms with Crippen LogP contribution in [-0.2, 0) is 16.3 Å². The van der Waals surface area contributed by atoms with Crippen molar-refractivity contribution in [1.29, 1.82) is 0 Å². The van der Waals surface area contributed by atoms with Gasteiger partial charge in [0.2, 0.25) is 0 Å². The molecule has 0 spiro atoms. The van der Waals surface area contributed by atoms with Gasteiger partial charge in [-0.15, -0.1) is 0 Å². The summed E-state index contributed by atoms with van der Waals surface area (Å²) in [7, 11) is -3.00. The highest BCUT2D eigenvalue weighted by Crippen LogP contribution is 2.14. The van der Waals surface area contributed by atoms with Crippen LogP contribution in [0.4, 0.5) is 5.82 Å². The van der Waals surface area contributed by atoms with Gasteiger partial charge in [0.1, 0.15) is 11.6 Å². The highest BCUT2D eigenvalue weighted by atomic mass is 32.2. The average Bonchev–Trinajstić information content (AvgIpc) is 2.94. The SMILES string of the molecule is Cc1noc(C)c1CCNc1ccc(C(=O)N2CCS(=O)(=O)CC2)cn1. The molecule has 1 fully saturated rings. The number of hydrogen-bond acceptors (Lipinski definition) is 7. The Morgan fingerprint density at radius 2 is 2.00 bits per heavy atom. The molecule has 2 aromatic heterocycles. The van der Waals surface area contributed by atoms with E-state index in [2.05, 4.69) is 15.5 Å². The van der Waals surface area contributed by atoms with Gasteiger partial charge in [0.15, 0.2) is 9.84 Å². The van der Waals surface area contributed by atoms with Crippen LogP contribution in [-0.4, -0.2) is 60.5 Å². The van der Waals surface area contributed by atoms with Gasteiger partial charge in [-0.25, -0.2) is 13.4 Å². The minimum atomic E-state index is -3.00. The number of aryl methyl sites for hydroxylation is 2. The van der Waals surface area contributed by atoms with E-state index in [1.807, 2.05) is 13.8 Å². The highest BCUT2D eigenvalue weighted by molar-refractivity contribution is 7.91. The fraction of sp³-hybridized carbons (Fsp3) is 0.471. The van der Waals surface area contributed by atoms with Gasteiger partial charge in [-0.3, -0.25) is 4.79 Å². The van der Waals surface area contributed by atoms with Crippen molar-refractivity contribution in [3.8, 4) is 0 Å². The molecule has 0 radical (unpaired) electrons. The average molecular weight is 378 g/mol. The molecule has 0 aromatic carbocycles. The van der Waals surface area contributed by atoms with Gasteiger partial charge in [-0.1, -0.05) is 5.16 Å². The molecule has 1 saturated heterocycles. The zero-order chi connectivity index (χ0) is 18.7. The summed E-state index contributed by atoms with van der Waals surface area (Å²) in [6.07, 6.45) is 2.29. The predicted molar refractivity (Wildman–Crippen MR) is 97.0 cm³/mol. The molecule has 1 aliphatic heterocycles. The second-order valence-corrected chi connectivity index (χ2v) is 8.66. The van der Waals surface area contributed by atoms with Gasteiger partial charge in [-0.2, -0.15) is 0 Å². The van der Waals surface area contributed by atoms with Crippen LogP contribution in [0.25, 0.3) is 0 Å². The molecule has 3 heterocycles. The van der Waals surface area contributed by atoms with E-state index in [0.29, 0.717) is 17.9 Å². The van der Waals surface area contributed by atoms with E-state index in [4.69, 9.17) is 4.52 Å². The third kappa shape index (κ3) is 4.21. The normalized spacial score (nSPS) is 16.5. The van der Waals surface area contributed by atoms with Crippen molar-refractivity contribution in [3.05, 3.63) is 40.9 Å². The van der Waals surface area contributed by atoms with Crippen molar-refractivity contribution >= 4 is 21.6 Å². The monoisotopic (exact) mass is 378 g/mol. The molecular formula is C17H22N4O4S. The summed E-state index contributed by atoms with van der Waals surface area (Å²) < 4.78 is 28.1. The molecular weight excluding hydrogens is 356 g/mol. The fourth-order valence-corrected chi connectivity index (χ4v) is 4.10. The Morgan fingerprint density at radius 1 is 1.27 bits per heavy atom. The van der Waals surface area contributed by atoms with Crippen LogP contribution >= 0.6 is 0 Å². The molecule has 3 rings (SSSR count). The summed E-state index contributed by atoms with van der Waals surface area (Å²) in [5.74, 6) is 1.35. The lowest BCUT2D eigenvalue weighted by Gasteiger charge is -2.26. The molecule has 0 saturated carbocycles. The Balaban J connectivity index is 1.54. The molecule has 2 aromatic rings. The van der Waals surface area contributed by atoms with E-state index in [9.17, 15) is 13.2 Å². The standard InChI is InChI=1S/C17H22N4O4S/c1-12-15(13(2)25-20-12)5-6-18-16-4-3-14(11-19-16)17(22)21-7-9-26(23,24)10-8-21/h3-4,11H,5-10H2,1-2H3,(H,18,19). The van der Waals surface area contributed by atoms with Crippen LogP contribution in [0, 0.1) is 13.8 Å². The Hall–Kier alpha value is -2.42. The molecule has 9 heteroatoms. The van der Waals surface area contributed by atoms with Crippen LogP contribution in [0.5, 0.6) is 0 Å². The van der Waals surface area contributed by atoms with Crippen LogP contribution < -0.4 is 5.32 Å². The molecule has 0 unspecified atom stereocenters. The van der Waals surface area contributed by atoms with Crippen molar-refractivity contribution < 1.29 is 17.7 Å². The van der Waals surface area contributed by atoms with Crippen LogP contribution in [0.15, 0.2) is 22.9 Å². The number of sulfone groups is 1. The van der Waals surface area contributed by atoms with Gasteiger partial charge < -0.3 is 14.7 Å². The molecule has 8 nitrogen and oxygen atoms in total. The van der Waals surface area contributed by atoms with Crippen LogP contribution in [0.1, 0.15) is 27.4 Å². The van der Waals surface area contributed by atoms with E-state index >= 15 is 0 Å². The van der Waals surface area contributed by atoms with E-state index in [0.717, 1.165) is 23.4 Å². The van der Waals surface area contributed by atoms with Gasteiger partial charge in [-0.05, 0) is 32.4 Å². The van der Waals surface area contributed by atoms with Crippen molar-refractivity contribution in [2.75, 3.05) is 36.5 Å². The van der Waals surface area contributed by atoms with Crippen LogP contribution in [0.2, 0.25) is 0 Å². The molecule has 0 bridgehead atoms. The number of rotatable bonds is 5. The Bertz CT molecular complexity index is 856. The number of carbonyl (C=O) groups is 1. The van der Waals surface area contributed by atoms with Crippen molar-refractivity contribution in [1.82, 2.24) is 15.0 Å². The van der Waals surface area contributed by atoms with E-state index in [1.165, 1.54) is 6.20 Å². The zero-order valence-corrected chi connectivity index (χ0v) is 15.7. The minimum absolute atomic E-state index is 0.0213. The number of nitrogens with one attached hydrogen (secondary N) is 1. The Morgan fingerprint density at radius 3 is 2.58 bits per heavy atom. The maximum absolute atomic E-state index is 12.4. The summed E-state index contributed by atoms with van der Waals surface area (Å²) in [5.41, 5.74) is 2.44. The number of aromatic nitrogens is 2. The first-order chi connectivity index (χ1) is 12.4. The summed E-state index contributed by atoms with van der Waals surface area (Å²) in [4.78, 5) is 18.2. The smallest absolute Gasteiger partial charge is 0.255 e. The summed E-state index contributed by atoms with van der Waals surface area (Å²) in [6.45, 7) is 4.94. The first-order valence-electron chi connectivity index (χ1n) is 8.47. The maximum atomic E-state index is 12.4. The van der Waals surface area contributed by atoms with Crippen LogP contribution in [0.3, 0.4) is 0 Å². The van der Waals surface area contributed by atoms with Crippen molar-refractivity contribution in [2.24, 2.45) is 0 Å². The Labute approximate surface area is 152 Å². The number of carbonyl (C=O) groups excluding carboxylic acids is 1. The molecule has 0 atom stereocenters. The largest absolute Gasteiger partial charge is 0.370 e. The molecule has 1 amide bonds. The van der Waals surface area contributed by atoms with Gasteiger partial charge in [0.25, 0.3) is 5.91 Å².